The van der Waals surface area contributed by atoms with Gasteiger partial charge >= 0.3 is 0 Å². The van der Waals surface area contributed by atoms with E-state index in [2.05, 4.69) is 33.6 Å². The number of guanidine groups is 1. The number of hydrogen-bond donors (Lipinski definition) is 2. The molecule has 7 heteroatoms. The number of nitrogens with zero attached hydrogens (tertiary/aromatic N) is 2. The van der Waals surface area contributed by atoms with Crippen molar-refractivity contribution in [3.8, 4) is 5.75 Å². The summed E-state index contributed by atoms with van der Waals surface area (Å²) in [6.45, 7) is 4.35. The van der Waals surface area contributed by atoms with Crippen molar-refractivity contribution in [2.24, 2.45) is 4.99 Å². The van der Waals surface area contributed by atoms with E-state index in [1.807, 2.05) is 30.3 Å². The number of halogens is 2. The summed E-state index contributed by atoms with van der Waals surface area (Å²) >= 11 is 5.80. The number of benzene rings is 1. The quantitative estimate of drug-likeness (QED) is 0.257. The number of hydrogen-bond acceptors (Lipinski definition) is 3. The summed E-state index contributed by atoms with van der Waals surface area (Å²) in [6.07, 6.45) is 3.50. The van der Waals surface area contributed by atoms with Crippen molar-refractivity contribution in [2.75, 3.05) is 26.7 Å². The fourth-order valence-corrected chi connectivity index (χ4v) is 2.53. The van der Waals surface area contributed by atoms with Crippen LogP contribution in [0.4, 0.5) is 0 Å². The maximum atomic E-state index is 5.80. The van der Waals surface area contributed by atoms with Crippen molar-refractivity contribution in [1.82, 2.24) is 15.6 Å². The van der Waals surface area contributed by atoms with Gasteiger partial charge in [0, 0.05) is 25.8 Å². The molecule has 0 aliphatic heterocycles. The average Bonchev–Trinajstić information content (AvgIpc) is 2.64. The summed E-state index contributed by atoms with van der Waals surface area (Å²) in [6, 6.07) is 11.8. The molecule has 1 aromatic heterocycles. The molecule has 1 heterocycles. The van der Waals surface area contributed by atoms with E-state index in [-0.39, 0.29) is 24.0 Å². The molecule has 0 spiro atoms. The topological polar surface area (TPSA) is 58.5 Å². The first-order valence-electron chi connectivity index (χ1n) is 8.47. The van der Waals surface area contributed by atoms with Crippen molar-refractivity contribution in [2.45, 2.75) is 19.8 Å². The van der Waals surface area contributed by atoms with Crippen LogP contribution < -0.4 is 15.4 Å². The minimum atomic E-state index is 0. The van der Waals surface area contributed by atoms with Gasteiger partial charge in [-0.2, -0.15) is 0 Å². The van der Waals surface area contributed by atoms with Crippen LogP contribution in [0.15, 0.2) is 47.6 Å². The number of aliphatic imine (C=N–C) groups is 1. The number of ether oxygens (including phenoxy) is 1. The highest BCUT2D eigenvalue weighted by Gasteiger charge is 2.02. The van der Waals surface area contributed by atoms with Gasteiger partial charge < -0.3 is 15.4 Å². The Morgan fingerprint density at radius 2 is 1.96 bits per heavy atom. The summed E-state index contributed by atoms with van der Waals surface area (Å²) in [5, 5.41) is 7.13. The van der Waals surface area contributed by atoms with E-state index in [0.717, 1.165) is 48.8 Å². The molecule has 5 nitrogen and oxygen atoms in total. The lowest BCUT2D eigenvalue weighted by Gasteiger charge is -2.12. The molecular weight excluding hydrogens is 463 g/mol. The molecule has 0 amide bonds. The second-order valence-corrected chi connectivity index (χ2v) is 5.88. The van der Waals surface area contributed by atoms with E-state index < -0.39 is 0 Å². The predicted octanol–water partition coefficient (Wildman–Crippen LogP) is 3.70. The van der Waals surface area contributed by atoms with E-state index in [4.69, 9.17) is 16.3 Å². The van der Waals surface area contributed by atoms with Gasteiger partial charge in [0.1, 0.15) is 10.9 Å². The number of para-hydroxylation sites is 1. The van der Waals surface area contributed by atoms with E-state index in [9.17, 15) is 0 Å². The van der Waals surface area contributed by atoms with Crippen LogP contribution in [0, 0.1) is 0 Å². The first-order valence-corrected chi connectivity index (χ1v) is 8.85. The van der Waals surface area contributed by atoms with Crippen LogP contribution in [0.25, 0.3) is 0 Å². The van der Waals surface area contributed by atoms with E-state index in [1.165, 1.54) is 0 Å². The van der Waals surface area contributed by atoms with Crippen LogP contribution in [0.2, 0.25) is 5.15 Å². The molecule has 0 aliphatic rings. The Morgan fingerprint density at radius 1 is 1.15 bits per heavy atom. The van der Waals surface area contributed by atoms with E-state index in [1.54, 1.807) is 13.3 Å². The number of aromatic nitrogens is 1. The van der Waals surface area contributed by atoms with E-state index in [0.29, 0.717) is 11.7 Å². The molecule has 2 aromatic rings. The third kappa shape index (κ3) is 7.78. The minimum Gasteiger partial charge on any atom is -0.496 e. The van der Waals surface area contributed by atoms with E-state index >= 15 is 0 Å². The average molecular weight is 489 g/mol. The fraction of sp³-hybridized carbons (Fsp3) is 0.368. The smallest absolute Gasteiger partial charge is 0.191 e. The lowest BCUT2D eigenvalue weighted by molar-refractivity contribution is 0.410. The maximum Gasteiger partial charge on any atom is 0.191 e. The normalized spacial score (nSPS) is 10.8. The molecule has 142 valence electrons. The third-order valence-electron chi connectivity index (χ3n) is 3.68. The van der Waals surface area contributed by atoms with Gasteiger partial charge in [0.25, 0.3) is 0 Å². The Morgan fingerprint density at radius 3 is 2.65 bits per heavy atom. The summed E-state index contributed by atoms with van der Waals surface area (Å²) in [5.74, 6) is 1.73. The molecule has 2 N–H and O–H groups in total. The molecule has 2 rings (SSSR count). The first kappa shape index (κ1) is 22.5. The lowest BCUT2D eigenvalue weighted by Crippen LogP contribution is -2.38. The Balaban J connectivity index is 0.00000338. The zero-order valence-corrected chi connectivity index (χ0v) is 18.3. The van der Waals surface area contributed by atoms with Crippen LogP contribution in [0.3, 0.4) is 0 Å². The maximum absolute atomic E-state index is 5.80. The number of pyridine rings is 1. The van der Waals surface area contributed by atoms with Crippen LogP contribution in [-0.4, -0.2) is 37.7 Å². The highest BCUT2D eigenvalue weighted by atomic mass is 127. The van der Waals surface area contributed by atoms with Crippen molar-refractivity contribution in [1.29, 1.82) is 0 Å². The Kier molecular flexibility index (Phi) is 11.0. The van der Waals surface area contributed by atoms with Gasteiger partial charge in [0.15, 0.2) is 5.96 Å². The molecule has 0 saturated carbocycles. The van der Waals surface area contributed by atoms with Gasteiger partial charge in [0.05, 0.1) is 7.11 Å². The fourth-order valence-electron chi connectivity index (χ4n) is 2.42. The van der Waals surface area contributed by atoms with Gasteiger partial charge in [-0.1, -0.05) is 35.9 Å². The summed E-state index contributed by atoms with van der Waals surface area (Å²) in [4.78, 5) is 8.72. The molecule has 26 heavy (non-hydrogen) atoms. The molecule has 0 aliphatic carbocycles. The van der Waals surface area contributed by atoms with Gasteiger partial charge in [-0.25, -0.2) is 4.98 Å². The van der Waals surface area contributed by atoms with Crippen LogP contribution in [0.1, 0.15) is 18.1 Å². The number of rotatable bonds is 8. The van der Waals surface area contributed by atoms with Crippen molar-refractivity contribution < 1.29 is 4.74 Å². The van der Waals surface area contributed by atoms with Crippen LogP contribution >= 0.6 is 35.6 Å². The van der Waals surface area contributed by atoms with Crippen molar-refractivity contribution >= 4 is 41.5 Å². The second kappa shape index (κ2) is 12.8. The van der Waals surface area contributed by atoms with Gasteiger partial charge in [0.2, 0.25) is 0 Å². The SMILES string of the molecule is CCNC(=NCCc1ccccc1OC)NCCc1ccc(Cl)nc1.I. The standard InChI is InChI=1S/C19H25ClN4O.HI/c1-3-21-19(22-12-10-15-8-9-18(20)24-14-15)23-13-11-16-6-4-5-7-17(16)25-2;/h4-9,14H,3,10-13H2,1-2H3,(H2,21,22,23);1H. The summed E-state index contributed by atoms with van der Waals surface area (Å²) < 4.78 is 5.38. The van der Waals surface area contributed by atoms with Gasteiger partial charge in [-0.15, -0.1) is 24.0 Å². The molecule has 0 radical (unpaired) electrons. The molecule has 0 atom stereocenters. The predicted molar refractivity (Wildman–Crippen MR) is 119 cm³/mol. The Bertz CT molecular complexity index is 679. The Hall–Kier alpha value is -1.54. The second-order valence-electron chi connectivity index (χ2n) is 5.49. The van der Waals surface area contributed by atoms with Crippen LogP contribution in [-0.2, 0) is 12.8 Å². The van der Waals surface area contributed by atoms with Crippen LogP contribution in [0.5, 0.6) is 5.75 Å². The third-order valence-corrected chi connectivity index (χ3v) is 3.91. The van der Waals surface area contributed by atoms with Crippen molar-refractivity contribution in [3.63, 3.8) is 0 Å². The lowest BCUT2D eigenvalue weighted by atomic mass is 10.1. The molecule has 0 unspecified atom stereocenters. The van der Waals surface area contributed by atoms with Crippen molar-refractivity contribution in [3.05, 3.63) is 58.9 Å². The highest BCUT2D eigenvalue weighted by Crippen LogP contribution is 2.17. The number of nitrogens with one attached hydrogen (secondary N) is 2. The number of methoxy groups -OCH3 is 1. The first-order chi connectivity index (χ1) is 12.2. The summed E-state index contributed by atoms with van der Waals surface area (Å²) in [5.41, 5.74) is 2.30. The molecule has 1 aromatic carbocycles. The molecule has 0 fully saturated rings. The zero-order valence-electron chi connectivity index (χ0n) is 15.2. The Labute approximate surface area is 177 Å². The minimum absolute atomic E-state index is 0. The molecular formula is C19H26ClIN4O. The highest BCUT2D eigenvalue weighted by molar-refractivity contribution is 14.0. The zero-order chi connectivity index (χ0) is 17.9. The summed E-state index contributed by atoms with van der Waals surface area (Å²) in [7, 11) is 1.69. The molecule has 0 bridgehead atoms. The van der Waals surface area contributed by atoms with Gasteiger partial charge in [-0.05, 0) is 43.0 Å². The largest absolute Gasteiger partial charge is 0.496 e. The van der Waals surface area contributed by atoms with Gasteiger partial charge in [-0.3, -0.25) is 4.99 Å². The molecule has 0 saturated heterocycles. The monoisotopic (exact) mass is 488 g/mol.